The summed E-state index contributed by atoms with van der Waals surface area (Å²) in [6.45, 7) is 7.50. The third-order valence-electron chi connectivity index (χ3n) is 6.97. The number of aryl methyl sites for hydroxylation is 1. The van der Waals surface area contributed by atoms with Gasteiger partial charge in [-0.25, -0.2) is 4.98 Å². The van der Waals surface area contributed by atoms with E-state index in [1.807, 2.05) is 36.7 Å². The SMILES string of the molecule is Cc1cc(OCCN2CCC3(CC2)COC3)cc2c(=O)[nH]c(-c3cc4ccsc4cn3)nc12. The average molecular weight is 463 g/mol. The summed E-state index contributed by atoms with van der Waals surface area (Å²) >= 11 is 1.64. The zero-order chi connectivity index (χ0) is 22.4. The topological polar surface area (TPSA) is 80.3 Å². The molecule has 1 spiro atoms. The first-order valence-electron chi connectivity index (χ1n) is 11.4. The zero-order valence-electron chi connectivity index (χ0n) is 18.6. The molecule has 8 heteroatoms. The van der Waals surface area contributed by atoms with E-state index in [0.717, 1.165) is 48.5 Å². The predicted octanol–water partition coefficient (Wildman–Crippen LogP) is 4.00. The Morgan fingerprint density at radius 3 is 2.88 bits per heavy atom. The van der Waals surface area contributed by atoms with Crippen molar-refractivity contribution in [1.82, 2.24) is 19.9 Å². The molecule has 2 aliphatic heterocycles. The molecule has 2 fully saturated rings. The van der Waals surface area contributed by atoms with Crippen LogP contribution in [0.3, 0.4) is 0 Å². The van der Waals surface area contributed by atoms with Crippen LogP contribution in [0.1, 0.15) is 18.4 Å². The highest BCUT2D eigenvalue weighted by atomic mass is 32.1. The smallest absolute Gasteiger partial charge is 0.259 e. The molecule has 0 bridgehead atoms. The summed E-state index contributed by atoms with van der Waals surface area (Å²) in [5.41, 5.74) is 2.52. The Labute approximate surface area is 195 Å². The van der Waals surface area contributed by atoms with Crippen molar-refractivity contribution in [1.29, 1.82) is 0 Å². The molecule has 1 aromatic carbocycles. The third-order valence-corrected chi connectivity index (χ3v) is 7.83. The fourth-order valence-corrected chi connectivity index (χ4v) is 5.55. The lowest BCUT2D eigenvalue weighted by molar-refractivity contribution is -0.139. The molecule has 6 rings (SSSR count). The van der Waals surface area contributed by atoms with Crippen molar-refractivity contribution in [3.63, 3.8) is 0 Å². The first kappa shape index (κ1) is 20.8. The van der Waals surface area contributed by atoms with Gasteiger partial charge in [-0.2, -0.15) is 0 Å². The maximum Gasteiger partial charge on any atom is 0.259 e. The van der Waals surface area contributed by atoms with E-state index in [4.69, 9.17) is 14.5 Å². The van der Waals surface area contributed by atoms with Gasteiger partial charge in [-0.05, 0) is 73.5 Å². The Balaban J connectivity index is 1.18. The number of nitrogens with zero attached hydrogens (tertiary/aromatic N) is 3. The van der Waals surface area contributed by atoms with E-state index in [1.54, 1.807) is 17.4 Å². The van der Waals surface area contributed by atoms with Gasteiger partial charge in [0.2, 0.25) is 0 Å². The van der Waals surface area contributed by atoms with Gasteiger partial charge in [0.15, 0.2) is 5.82 Å². The molecule has 3 aromatic heterocycles. The maximum absolute atomic E-state index is 12.9. The first-order chi connectivity index (χ1) is 16.1. The molecule has 170 valence electrons. The third kappa shape index (κ3) is 3.92. The first-order valence-corrected chi connectivity index (χ1v) is 12.3. The number of likely N-dealkylation sites (tertiary alicyclic amines) is 1. The quantitative estimate of drug-likeness (QED) is 0.483. The summed E-state index contributed by atoms with van der Waals surface area (Å²) in [4.78, 5) is 27.5. The Morgan fingerprint density at radius 1 is 1.24 bits per heavy atom. The number of rotatable bonds is 5. The number of benzene rings is 1. The van der Waals surface area contributed by atoms with Crippen LogP contribution in [0.25, 0.3) is 32.5 Å². The molecule has 0 saturated carbocycles. The second-order valence-electron chi connectivity index (χ2n) is 9.26. The van der Waals surface area contributed by atoms with Crippen molar-refractivity contribution < 1.29 is 9.47 Å². The number of H-pyrrole nitrogens is 1. The van der Waals surface area contributed by atoms with Gasteiger partial charge >= 0.3 is 0 Å². The second kappa shape index (κ2) is 8.20. The van der Waals surface area contributed by atoms with Crippen LogP contribution < -0.4 is 10.3 Å². The van der Waals surface area contributed by atoms with E-state index in [1.165, 1.54) is 12.8 Å². The van der Waals surface area contributed by atoms with E-state index < -0.39 is 0 Å². The molecule has 0 unspecified atom stereocenters. The summed E-state index contributed by atoms with van der Waals surface area (Å²) in [6.07, 6.45) is 4.24. The van der Waals surface area contributed by atoms with Crippen LogP contribution in [0, 0.1) is 12.3 Å². The summed E-state index contributed by atoms with van der Waals surface area (Å²) in [6, 6.07) is 7.77. The van der Waals surface area contributed by atoms with Crippen LogP contribution in [0.2, 0.25) is 0 Å². The Morgan fingerprint density at radius 2 is 2.09 bits per heavy atom. The van der Waals surface area contributed by atoms with Crippen LogP contribution >= 0.6 is 11.3 Å². The van der Waals surface area contributed by atoms with Gasteiger partial charge in [0.25, 0.3) is 5.56 Å². The molecule has 0 amide bonds. The van der Waals surface area contributed by atoms with Gasteiger partial charge < -0.3 is 14.5 Å². The van der Waals surface area contributed by atoms with Crippen LogP contribution in [-0.4, -0.2) is 59.3 Å². The minimum atomic E-state index is -0.181. The maximum atomic E-state index is 12.9. The molecule has 4 aromatic rings. The van der Waals surface area contributed by atoms with Crippen LogP contribution in [0.4, 0.5) is 0 Å². The van der Waals surface area contributed by atoms with E-state index in [0.29, 0.717) is 40.2 Å². The number of ether oxygens (including phenoxy) is 2. The Hall–Kier alpha value is -2.81. The molecule has 7 nitrogen and oxygen atoms in total. The van der Waals surface area contributed by atoms with Gasteiger partial charge in [-0.15, -0.1) is 11.3 Å². The molecule has 33 heavy (non-hydrogen) atoms. The Kier molecular flexibility index (Phi) is 5.16. The largest absolute Gasteiger partial charge is 0.492 e. The minimum Gasteiger partial charge on any atom is -0.492 e. The van der Waals surface area contributed by atoms with Gasteiger partial charge in [-0.1, -0.05) is 0 Å². The highest BCUT2D eigenvalue weighted by Crippen LogP contribution is 2.38. The molecule has 5 heterocycles. The lowest BCUT2D eigenvalue weighted by Crippen LogP contribution is -2.51. The standard InChI is InChI=1S/C25H26N4O3S/c1-16-10-18(32-8-7-29-5-3-25(4-6-29)14-31-15-25)12-19-22(16)27-23(28-24(19)30)20-11-17-2-9-33-21(17)13-26-20/h2,9-13H,3-8,14-15H2,1H3,(H,27,28,30). The van der Waals surface area contributed by atoms with Crippen LogP contribution in [0.5, 0.6) is 5.75 Å². The number of piperidine rings is 1. The number of aromatic amines is 1. The molecule has 2 saturated heterocycles. The fraction of sp³-hybridized carbons (Fsp3) is 0.400. The number of hydrogen-bond donors (Lipinski definition) is 1. The second-order valence-corrected chi connectivity index (χ2v) is 10.2. The van der Waals surface area contributed by atoms with Gasteiger partial charge in [-0.3, -0.25) is 14.7 Å². The predicted molar refractivity (Wildman–Crippen MR) is 130 cm³/mol. The summed E-state index contributed by atoms with van der Waals surface area (Å²) < 4.78 is 12.6. The number of thiophene rings is 1. The molecule has 1 N–H and O–H groups in total. The Bertz CT molecular complexity index is 1380. The van der Waals surface area contributed by atoms with Crippen LogP contribution in [-0.2, 0) is 4.74 Å². The number of aromatic nitrogens is 3. The van der Waals surface area contributed by atoms with Crippen molar-refractivity contribution in [2.75, 3.05) is 39.5 Å². The summed E-state index contributed by atoms with van der Waals surface area (Å²) in [5, 5.41) is 3.66. The molecule has 2 aliphatic rings. The molecular weight excluding hydrogens is 436 g/mol. The van der Waals surface area contributed by atoms with Crippen molar-refractivity contribution in [3.05, 3.63) is 51.8 Å². The van der Waals surface area contributed by atoms with Gasteiger partial charge in [0.1, 0.15) is 18.1 Å². The van der Waals surface area contributed by atoms with Crippen LogP contribution in [0.15, 0.2) is 40.6 Å². The molecule has 0 aliphatic carbocycles. The van der Waals surface area contributed by atoms with Gasteiger partial charge in [0.05, 0.1) is 28.8 Å². The van der Waals surface area contributed by atoms with Crippen molar-refractivity contribution in [3.8, 4) is 17.3 Å². The fourth-order valence-electron chi connectivity index (χ4n) is 4.81. The normalized spacial score (nSPS) is 18.1. The summed E-state index contributed by atoms with van der Waals surface area (Å²) in [7, 11) is 0. The van der Waals surface area contributed by atoms with Gasteiger partial charge in [0, 0.05) is 18.2 Å². The minimum absolute atomic E-state index is 0.181. The van der Waals surface area contributed by atoms with Crippen molar-refractivity contribution in [2.45, 2.75) is 19.8 Å². The number of nitrogens with one attached hydrogen (secondary N) is 1. The zero-order valence-corrected chi connectivity index (χ0v) is 19.4. The number of pyridine rings is 1. The number of hydrogen-bond acceptors (Lipinski definition) is 7. The highest BCUT2D eigenvalue weighted by molar-refractivity contribution is 7.17. The summed E-state index contributed by atoms with van der Waals surface area (Å²) in [5.74, 6) is 1.19. The van der Waals surface area contributed by atoms with Crippen molar-refractivity contribution in [2.24, 2.45) is 5.41 Å². The van der Waals surface area contributed by atoms with E-state index in [-0.39, 0.29) is 5.56 Å². The molecular formula is C25H26N4O3S. The van der Waals surface area contributed by atoms with Crippen molar-refractivity contribution >= 4 is 32.3 Å². The molecule has 0 radical (unpaired) electrons. The van der Waals surface area contributed by atoms with E-state index >= 15 is 0 Å². The average Bonchev–Trinajstić information content (AvgIpc) is 3.27. The van der Waals surface area contributed by atoms with E-state index in [2.05, 4.69) is 14.9 Å². The van der Waals surface area contributed by atoms with E-state index in [9.17, 15) is 4.79 Å². The lowest BCUT2D eigenvalue weighted by Gasteiger charge is -2.47. The molecule has 0 atom stereocenters. The highest BCUT2D eigenvalue weighted by Gasteiger charge is 2.40. The number of fused-ring (bicyclic) bond motifs is 2. The monoisotopic (exact) mass is 462 g/mol. The lowest BCUT2D eigenvalue weighted by atomic mass is 9.77.